The highest BCUT2D eigenvalue weighted by Crippen LogP contribution is 2.21. The van der Waals surface area contributed by atoms with E-state index >= 15 is 0 Å². The van der Waals surface area contributed by atoms with E-state index in [0.29, 0.717) is 22.7 Å². The number of halogens is 1. The van der Waals surface area contributed by atoms with Gasteiger partial charge >= 0.3 is 0 Å². The summed E-state index contributed by atoms with van der Waals surface area (Å²) in [6.45, 7) is 0.598. The molecule has 1 aromatic heterocycles. The molecule has 0 saturated heterocycles. The molecular formula is C20H15ClN4O. The average molecular weight is 363 g/mol. The van der Waals surface area contributed by atoms with Crippen LogP contribution in [0.4, 0.5) is 11.4 Å². The highest BCUT2D eigenvalue weighted by atomic mass is 35.5. The number of nitriles is 1. The molecule has 0 fully saturated rings. The first-order chi connectivity index (χ1) is 12.7. The molecule has 1 heterocycles. The Labute approximate surface area is 156 Å². The fourth-order valence-corrected chi connectivity index (χ4v) is 2.56. The number of aromatic nitrogens is 1. The third kappa shape index (κ3) is 4.38. The second-order valence-electron chi connectivity index (χ2n) is 5.55. The molecule has 2 aromatic carbocycles. The van der Waals surface area contributed by atoms with Crippen molar-refractivity contribution in [3.63, 3.8) is 0 Å². The first kappa shape index (κ1) is 17.5. The molecule has 2 N–H and O–H groups in total. The van der Waals surface area contributed by atoms with Gasteiger partial charge in [-0.25, -0.2) is 0 Å². The van der Waals surface area contributed by atoms with Gasteiger partial charge in [0.05, 0.1) is 10.6 Å². The fraction of sp³-hybridized carbons (Fsp3) is 0.0500. The Morgan fingerprint density at radius 2 is 1.73 bits per heavy atom. The van der Waals surface area contributed by atoms with E-state index in [4.69, 9.17) is 16.9 Å². The molecule has 0 saturated carbocycles. The van der Waals surface area contributed by atoms with Gasteiger partial charge in [-0.05, 0) is 48.0 Å². The van der Waals surface area contributed by atoms with E-state index in [1.165, 1.54) is 0 Å². The smallest absolute Gasteiger partial charge is 0.255 e. The van der Waals surface area contributed by atoms with Crippen molar-refractivity contribution >= 4 is 28.9 Å². The van der Waals surface area contributed by atoms with Crippen LogP contribution < -0.4 is 10.6 Å². The molecule has 1 amide bonds. The second kappa shape index (κ2) is 8.15. The predicted octanol–water partition coefficient (Wildman–Crippen LogP) is 4.47. The molecule has 0 aliphatic carbocycles. The fourth-order valence-electron chi connectivity index (χ4n) is 2.33. The van der Waals surface area contributed by atoms with Crippen molar-refractivity contribution in [2.75, 3.05) is 10.6 Å². The summed E-state index contributed by atoms with van der Waals surface area (Å²) in [4.78, 5) is 16.0. The lowest BCUT2D eigenvalue weighted by molar-refractivity contribution is 0.102. The number of hydrogen-bond acceptors (Lipinski definition) is 4. The Bertz CT molecular complexity index is 950. The topological polar surface area (TPSA) is 77.8 Å². The number of rotatable bonds is 5. The number of anilines is 2. The number of hydrogen-bond donors (Lipinski definition) is 2. The Balaban J connectivity index is 1.59. The van der Waals surface area contributed by atoms with Gasteiger partial charge in [-0.2, -0.15) is 5.26 Å². The van der Waals surface area contributed by atoms with E-state index in [0.717, 1.165) is 16.9 Å². The SMILES string of the molecule is N#Cc1ccc(NCc2ccc(NC(=O)c3ccncc3)cc2)cc1Cl. The summed E-state index contributed by atoms with van der Waals surface area (Å²) in [6.07, 6.45) is 3.16. The lowest BCUT2D eigenvalue weighted by Gasteiger charge is -2.09. The number of nitrogens with zero attached hydrogens (tertiary/aromatic N) is 2. The summed E-state index contributed by atoms with van der Waals surface area (Å²) < 4.78 is 0. The van der Waals surface area contributed by atoms with Crippen molar-refractivity contribution in [2.45, 2.75) is 6.54 Å². The van der Waals surface area contributed by atoms with Crippen LogP contribution in [0.3, 0.4) is 0 Å². The molecule has 5 nitrogen and oxygen atoms in total. The molecule has 0 spiro atoms. The van der Waals surface area contributed by atoms with E-state index < -0.39 is 0 Å². The molecule has 26 heavy (non-hydrogen) atoms. The quantitative estimate of drug-likeness (QED) is 0.701. The van der Waals surface area contributed by atoms with Gasteiger partial charge in [-0.15, -0.1) is 0 Å². The molecular weight excluding hydrogens is 348 g/mol. The van der Waals surface area contributed by atoms with Crippen molar-refractivity contribution in [1.82, 2.24) is 4.98 Å². The maximum Gasteiger partial charge on any atom is 0.255 e. The summed E-state index contributed by atoms with van der Waals surface area (Å²) in [6, 6.07) is 18.1. The maximum absolute atomic E-state index is 12.1. The molecule has 0 aliphatic heterocycles. The number of pyridine rings is 1. The Hall–Kier alpha value is -3.36. The first-order valence-corrected chi connectivity index (χ1v) is 8.27. The van der Waals surface area contributed by atoms with Gasteiger partial charge in [-0.3, -0.25) is 9.78 Å². The van der Waals surface area contributed by atoms with Gasteiger partial charge in [0.25, 0.3) is 5.91 Å². The summed E-state index contributed by atoms with van der Waals surface area (Å²) in [5, 5.41) is 15.4. The van der Waals surface area contributed by atoms with E-state index in [2.05, 4.69) is 15.6 Å². The molecule has 3 aromatic rings. The van der Waals surface area contributed by atoms with Gasteiger partial charge in [0.1, 0.15) is 6.07 Å². The summed E-state index contributed by atoms with van der Waals surface area (Å²) in [5.41, 5.74) is 3.61. The van der Waals surface area contributed by atoms with Crippen LogP contribution in [0, 0.1) is 11.3 Å². The van der Waals surface area contributed by atoms with Crippen molar-refractivity contribution in [1.29, 1.82) is 5.26 Å². The van der Waals surface area contributed by atoms with Crippen LogP contribution in [0.2, 0.25) is 5.02 Å². The Morgan fingerprint density at radius 1 is 1.04 bits per heavy atom. The Morgan fingerprint density at radius 3 is 2.38 bits per heavy atom. The molecule has 0 bridgehead atoms. The van der Waals surface area contributed by atoms with E-state index in [9.17, 15) is 4.79 Å². The summed E-state index contributed by atoms with van der Waals surface area (Å²) >= 11 is 6.02. The average Bonchev–Trinajstić information content (AvgIpc) is 2.68. The van der Waals surface area contributed by atoms with E-state index in [1.807, 2.05) is 36.4 Å². The van der Waals surface area contributed by atoms with Gasteiger partial charge in [-0.1, -0.05) is 23.7 Å². The third-order valence-corrected chi connectivity index (χ3v) is 4.05. The number of nitrogens with one attached hydrogen (secondary N) is 2. The standard InChI is InChI=1S/C20H15ClN4O/c21-19-11-18(6-3-16(19)12-22)24-13-14-1-4-17(5-2-14)25-20(26)15-7-9-23-10-8-15/h1-11,24H,13H2,(H,25,26). The molecule has 0 unspecified atom stereocenters. The van der Waals surface area contributed by atoms with Gasteiger partial charge < -0.3 is 10.6 Å². The highest BCUT2D eigenvalue weighted by Gasteiger charge is 2.05. The van der Waals surface area contributed by atoms with Crippen LogP contribution in [-0.2, 0) is 6.54 Å². The third-order valence-electron chi connectivity index (χ3n) is 3.74. The zero-order chi connectivity index (χ0) is 18.4. The van der Waals surface area contributed by atoms with Crippen molar-refractivity contribution in [2.24, 2.45) is 0 Å². The maximum atomic E-state index is 12.1. The monoisotopic (exact) mass is 362 g/mol. The first-order valence-electron chi connectivity index (χ1n) is 7.89. The van der Waals surface area contributed by atoms with Crippen LogP contribution in [0.1, 0.15) is 21.5 Å². The Kier molecular flexibility index (Phi) is 5.47. The van der Waals surface area contributed by atoms with Crippen LogP contribution in [0.25, 0.3) is 0 Å². The summed E-state index contributed by atoms with van der Waals surface area (Å²) in [5.74, 6) is -0.175. The molecule has 0 atom stereocenters. The minimum atomic E-state index is -0.175. The highest BCUT2D eigenvalue weighted by molar-refractivity contribution is 6.32. The lowest BCUT2D eigenvalue weighted by atomic mass is 10.1. The molecule has 3 rings (SSSR count). The molecule has 6 heteroatoms. The van der Waals surface area contributed by atoms with Crippen molar-refractivity contribution < 1.29 is 4.79 Å². The van der Waals surface area contributed by atoms with Crippen molar-refractivity contribution in [3.05, 3.63) is 88.7 Å². The minimum absolute atomic E-state index is 0.175. The largest absolute Gasteiger partial charge is 0.381 e. The van der Waals surface area contributed by atoms with Crippen LogP contribution >= 0.6 is 11.6 Å². The molecule has 0 radical (unpaired) electrons. The normalized spacial score (nSPS) is 10.0. The minimum Gasteiger partial charge on any atom is -0.381 e. The molecule has 0 aliphatic rings. The van der Waals surface area contributed by atoms with Gasteiger partial charge in [0.15, 0.2) is 0 Å². The number of benzene rings is 2. The molecule has 128 valence electrons. The number of carbonyl (C=O) groups is 1. The van der Waals surface area contributed by atoms with E-state index in [1.54, 1.807) is 36.7 Å². The predicted molar refractivity (Wildman–Crippen MR) is 102 cm³/mol. The number of carbonyl (C=O) groups excluding carboxylic acids is 1. The second-order valence-corrected chi connectivity index (χ2v) is 5.95. The number of amides is 1. The van der Waals surface area contributed by atoms with E-state index in [-0.39, 0.29) is 5.91 Å². The zero-order valence-corrected chi connectivity index (χ0v) is 14.5. The summed E-state index contributed by atoms with van der Waals surface area (Å²) in [7, 11) is 0. The zero-order valence-electron chi connectivity index (χ0n) is 13.7. The van der Waals surface area contributed by atoms with Gasteiger partial charge in [0.2, 0.25) is 0 Å². The van der Waals surface area contributed by atoms with Crippen molar-refractivity contribution in [3.8, 4) is 6.07 Å². The van der Waals surface area contributed by atoms with Crippen LogP contribution in [0.5, 0.6) is 0 Å². The lowest BCUT2D eigenvalue weighted by Crippen LogP contribution is -2.11. The van der Waals surface area contributed by atoms with Crippen LogP contribution in [-0.4, -0.2) is 10.9 Å². The van der Waals surface area contributed by atoms with Gasteiger partial charge in [0, 0.05) is 35.9 Å². The van der Waals surface area contributed by atoms with Crippen LogP contribution in [0.15, 0.2) is 67.0 Å².